The molecule has 0 unspecified atom stereocenters. The highest BCUT2D eigenvalue weighted by Crippen LogP contribution is 2.25. The van der Waals surface area contributed by atoms with E-state index in [1.807, 2.05) is 4.90 Å². The third kappa shape index (κ3) is 1.45. The highest BCUT2D eigenvalue weighted by atomic mass is 16.3. The minimum Gasteiger partial charge on any atom is -0.472 e. The second-order valence-corrected chi connectivity index (χ2v) is 4.33. The number of fused-ring (bicyclic) bond motifs is 1. The molecule has 1 aromatic heterocycles. The van der Waals surface area contributed by atoms with E-state index in [1.54, 1.807) is 12.3 Å². The maximum absolute atomic E-state index is 12.0. The minimum atomic E-state index is 0.0972. The average Bonchev–Trinajstić information content (AvgIpc) is 2.92. The molecular weight excluding hydrogens is 192 g/mol. The van der Waals surface area contributed by atoms with Gasteiger partial charge in [0.1, 0.15) is 6.26 Å². The van der Waals surface area contributed by atoms with Crippen molar-refractivity contribution in [1.29, 1.82) is 0 Å². The molecule has 0 radical (unpaired) electrons. The standard InChI is InChI=1S/C11H14N2O2/c14-11(9-2-4-15-7-9)13-5-8-1-3-12-10(8)6-13/h2,4,7-8,10,12H,1,3,5-6H2/t8-,10+/m0/s1. The van der Waals surface area contributed by atoms with E-state index in [0.29, 0.717) is 17.5 Å². The Bertz CT molecular complexity index is 349. The Morgan fingerprint density at radius 2 is 2.47 bits per heavy atom. The summed E-state index contributed by atoms with van der Waals surface area (Å²) in [7, 11) is 0. The van der Waals surface area contributed by atoms with Gasteiger partial charge in [0.05, 0.1) is 11.8 Å². The summed E-state index contributed by atoms with van der Waals surface area (Å²) in [4.78, 5) is 13.9. The maximum atomic E-state index is 12.0. The topological polar surface area (TPSA) is 45.5 Å². The number of rotatable bonds is 1. The van der Waals surface area contributed by atoms with Crippen molar-refractivity contribution < 1.29 is 9.21 Å². The minimum absolute atomic E-state index is 0.0972. The molecule has 4 heteroatoms. The van der Waals surface area contributed by atoms with E-state index < -0.39 is 0 Å². The number of nitrogens with zero attached hydrogens (tertiary/aromatic N) is 1. The van der Waals surface area contributed by atoms with Crippen LogP contribution >= 0.6 is 0 Å². The third-order valence-electron chi connectivity index (χ3n) is 3.42. The molecule has 1 amide bonds. The largest absolute Gasteiger partial charge is 0.472 e. The van der Waals surface area contributed by atoms with Gasteiger partial charge in [0.2, 0.25) is 0 Å². The van der Waals surface area contributed by atoms with Crippen LogP contribution in [0, 0.1) is 5.92 Å². The van der Waals surface area contributed by atoms with E-state index in [-0.39, 0.29) is 5.91 Å². The summed E-state index contributed by atoms with van der Waals surface area (Å²) >= 11 is 0. The van der Waals surface area contributed by atoms with Gasteiger partial charge in [-0.15, -0.1) is 0 Å². The van der Waals surface area contributed by atoms with Gasteiger partial charge in [-0.2, -0.15) is 0 Å². The normalized spacial score (nSPS) is 29.5. The number of furan rings is 1. The van der Waals surface area contributed by atoms with Crippen LogP contribution in [-0.2, 0) is 0 Å². The first-order chi connectivity index (χ1) is 7.34. The Hall–Kier alpha value is -1.29. The number of nitrogens with one attached hydrogen (secondary N) is 1. The zero-order valence-corrected chi connectivity index (χ0v) is 8.48. The Kier molecular flexibility index (Phi) is 2.02. The fourth-order valence-corrected chi connectivity index (χ4v) is 2.58. The molecule has 0 aromatic carbocycles. The van der Waals surface area contributed by atoms with Gasteiger partial charge in [-0.05, 0) is 24.9 Å². The molecular formula is C11H14N2O2. The lowest BCUT2D eigenvalue weighted by atomic mass is 10.1. The molecule has 80 valence electrons. The molecule has 2 atom stereocenters. The Labute approximate surface area is 88.2 Å². The lowest BCUT2D eigenvalue weighted by Gasteiger charge is -2.15. The van der Waals surface area contributed by atoms with Crippen LogP contribution in [0.4, 0.5) is 0 Å². The van der Waals surface area contributed by atoms with E-state index in [0.717, 1.165) is 19.6 Å². The second-order valence-electron chi connectivity index (χ2n) is 4.33. The molecule has 2 aliphatic rings. The van der Waals surface area contributed by atoms with Crippen molar-refractivity contribution >= 4 is 5.91 Å². The number of likely N-dealkylation sites (tertiary alicyclic amines) is 1. The zero-order chi connectivity index (χ0) is 10.3. The van der Waals surface area contributed by atoms with Crippen molar-refractivity contribution in [1.82, 2.24) is 10.2 Å². The summed E-state index contributed by atoms with van der Waals surface area (Å²) in [5.41, 5.74) is 0.662. The van der Waals surface area contributed by atoms with Crippen LogP contribution in [0.25, 0.3) is 0 Å². The summed E-state index contributed by atoms with van der Waals surface area (Å²) in [6.45, 7) is 2.83. The number of carbonyl (C=O) groups is 1. The molecule has 0 spiro atoms. The van der Waals surface area contributed by atoms with Gasteiger partial charge >= 0.3 is 0 Å². The molecule has 0 saturated carbocycles. The van der Waals surface area contributed by atoms with Crippen LogP contribution in [0.15, 0.2) is 23.0 Å². The molecule has 3 heterocycles. The van der Waals surface area contributed by atoms with Crippen molar-refractivity contribution in [2.75, 3.05) is 19.6 Å². The van der Waals surface area contributed by atoms with Crippen molar-refractivity contribution in [2.45, 2.75) is 12.5 Å². The highest BCUT2D eigenvalue weighted by Gasteiger charge is 2.38. The molecule has 4 nitrogen and oxygen atoms in total. The molecule has 2 aliphatic heterocycles. The smallest absolute Gasteiger partial charge is 0.257 e. The first-order valence-electron chi connectivity index (χ1n) is 5.39. The monoisotopic (exact) mass is 206 g/mol. The van der Waals surface area contributed by atoms with Gasteiger partial charge in [0.15, 0.2) is 0 Å². The SMILES string of the molecule is O=C(c1ccoc1)N1C[C@@H]2CCN[C@@H]2C1. The summed E-state index contributed by atoms with van der Waals surface area (Å²) < 4.78 is 4.93. The lowest BCUT2D eigenvalue weighted by Crippen LogP contribution is -2.33. The van der Waals surface area contributed by atoms with Crippen molar-refractivity contribution in [3.63, 3.8) is 0 Å². The van der Waals surface area contributed by atoms with Gasteiger partial charge in [-0.3, -0.25) is 4.79 Å². The molecule has 2 fully saturated rings. The Morgan fingerprint density at radius 3 is 3.20 bits per heavy atom. The summed E-state index contributed by atoms with van der Waals surface area (Å²) in [6, 6.07) is 2.24. The number of carbonyl (C=O) groups excluding carboxylic acids is 1. The highest BCUT2D eigenvalue weighted by molar-refractivity contribution is 5.94. The first kappa shape index (κ1) is 8.97. The second kappa shape index (κ2) is 3.38. The Morgan fingerprint density at radius 1 is 1.53 bits per heavy atom. The van der Waals surface area contributed by atoms with Crippen molar-refractivity contribution in [3.05, 3.63) is 24.2 Å². The molecule has 2 saturated heterocycles. The van der Waals surface area contributed by atoms with E-state index in [9.17, 15) is 4.79 Å². The van der Waals surface area contributed by atoms with E-state index in [2.05, 4.69) is 5.32 Å². The number of amides is 1. The lowest BCUT2D eigenvalue weighted by molar-refractivity contribution is 0.0782. The van der Waals surface area contributed by atoms with E-state index >= 15 is 0 Å². The fourth-order valence-electron chi connectivity index (χ4n) is 2.58. The van der Waals surface area contributed by atoms with Crippen LogP contribution in [0.5, 0.6) is 0 Å². The Balaban J connectivity index is 1.72. The molecule has 0 bridgehead atoms. The van der Waals surface area contributed by atoms with Gasteiger partial charge in [-0.25, -0.2) is 0 Å². The van der Waals surface area contributed by atoms with Crippen LogP contribution < -0.4 is 5.32 Å². The van der Waals surface area contributed by atoms with E-state index in [1.165, 1.54) is 12.7 Å². The zero-order valence-electron chi connectivity index (χ0n) is 8.48. The van der Waals surface area contributed by atoms with E-state index in [4.69, 9.17) is 4.42 Å². The quantitative estimate of drug-likeness (QED) is 0.736. The number of hydrogen-bond acceptors (Lipinski definition) is 3. The molecule has 0 aliphatic carbocycles. The van der Waals surface area contributed by atoms with Crippen molar-refractivity contribution in [2.24, 2.45) is 5.92 Å². The molecule has 3 rings (SSSR count). The maximum Gasteiger partial charge on any atom is 0.257 e. The van der Waals surface area contributed by atoms with Crippen molar-refractivity contribution in [3.8, 4) is 0 Å². The number of hydrogen-bond donors (Lipinski definition) is 1. The average molecular weight is 206 g/mol. The summed E-state index contributed by atoms with van der Waals surface area (Å²) in [5, 5.41) is 3.43. The molecule has 15 heavy (non-hydrogen) atoms. The molecule has 1 N–H and O–H groups in total. The molecule has 1 aromatic rings. The summed E-state index contributed by atoms with van der Waals surface area (Å²) in [5.74, 6) is 0.751. The van der Waals surface area contributed by atoms with Crippen LogP contribution in [0.3, 0.4) is 0 Å². The predicted octanol–water partition coefficient (Wildman–Crippen LogP) is 0.713. The predicted molar refractivity (Wildman–Crippen MR) is 54.5 cm³/mol. The van der Waals surface area contributed by atoms with Gasteiger partial charge in [-0.1, -0.05) is 0 Å². The van der Waals surface area contributed by atoms with Gasteiger partial charge in [0, 0.05) is 19.1 Å². The third-order valence-corrected chi connectivity index (χ3v) is 3.42. The van der Waals surface area contributed by atoms with Crippen LogP contribution in [0.1, 0.15) is 16.8 Å². The van der Waals surface area contributed by atoms with Crippen LogP contribution in [-0.4, -0.2) is 36.5 Å². The summed E-state index contributed by atoms with van der Waals surface area (Å²) in [6.07, 6.45) is 4.26. The van der Waals surface area contributed by atoms with Crippen LogP contribution in [0.2, 0.25) is 0 Å². The first-order valence-corrected chi connectivity index (χ1v) is 5.39. The fraction of sp³-hybridized carbons (Fsp3) is 0.545. The van der Waals surface area contributed by atoms with Gasteiger partial charge < -0.3 is 14.6 Å². The van der Waals surface area contributed by atoms with Gasteiger partial charge in [0.25, 0.3) is 5.91 Å².